The minimum absolute atomic E-state index is 0. The SMILES string of the molecule is CC1CCN(C(=O)CN2CCCC(C(C)N)C2)CC1.Cl. The number of nitrogens with zero attached hydrogens (tertiary/aromatic N) is 2. The first kappa shape index (κ1) is 17.7. The molecule has 0 spiro atoms. The number of hydrogen-bond acceptors (Lipinski definition) is 3. The molecule has 2 aliphatic rings. The number of carbonyl (C=O) groups is 1. The highest BCUT2D eigenvalue weighted by atomic mass is 35.5. The number of halogens is 1. The summed E-state index contributed by atoms with van der Waals surface area (Å²) in [5.74, 6) is 1.65. The molecule has 0 aromatic heterocycles. The summed E-state index contributed by atoms with van der Waals surface area (Å²) >= 11 is 0. The first-order valence-corrected chi connectivity index (χ1v) is 7.82. The highest BCUT2D eigenvalue weighted by molar-refractivity contribution is 5.85. The first-order valence-electron chi connectivity index (χ1n) is 7.82. The van der Waals surface area contributed by atoms with Crippen molar-refractivity contribution >= 4 is 18.3 Å². The fraction of sp³-hybridized carbons (Fsp3) is 0.933. The smallest absolute Gasteiger partial charge is 0.236 e. The number of rotatable bonds is 3. The third-order valence-corrected chi connectivity index (χ3v) is 4.78. The average Bonchev–Trinajstić information content (AvgIpc) is 2.39. The van der Waals surface area contributed by atoms with E-state index in [2.05, 4.69) is 23.6 Å². The van der Waals surface area contributed by atoms with Crippen LogP contribution in [0.15, 0.2) is 0 Å². The van der Waals surface area contributed by atoms with Crippen LogP contribution in [0.4, 0.5) is 0 Å². The molecular weight excluding hydrogens is 274 g/mol. The number of likely N-dealkylation sites (tertiary alicyclic amines) is 2. The summed E-state index contributed by atoms with van der Waals surface area (Å²) in [4.78, 5) is 16.7. The van der Waals surface area contributed by atoms with Gasteiger partial charge in [-0.3, -0.25) is 9.69 Å². The summed E-state index contributed by atoms with van der Waals surface area (Å²) in [5.41, 5.74) is 6.00. The van der Waals surface area contributed by atoms with Crippen LogP contribution in [0, 0.1) is 11.8 Å². The van der Waals surface area contributed by atoms with E-state index in [-0.39, 0.29) is 18.4 Å². The Balaban J connectivity index is 0.00000200. The summed E-state index contributed by atoms with van der Waals surface area (Å²) in [5, 5.41) is 0. The van der Waals surface area contributed by atoms with Crippen LogP contribution in [-0.2, 0) is 4.79 Å². The van der Waals surface area contributed by atoms with Gasteiger partial charge in [0.2, 0.25) is 5.91 Å². The Labute approximate surface area is 129 Å². The Hall–Kier alpha value is -0.320. The summed E-state index contributed by atoms with van der Waals surface area (Å²) in [6, 6.07) is 0.244. The van der Waals surface area contributed by atoms with Crippen LogP contribution < -0.4 is 5.73 Å². The standard InChI is InChI=1S/C15H29N3O.ClH/c1-12-5-8-18(9-6-12)15(19)11-17-7-3-4-14(10-17)13(2)16;/h12-14H,3-11,16H2,1-2H3;1H. The van der Waals surface area contributed by atoms with E-state index in [0.717, 1.165) is 44.9 Å². The van der Waals surface area contributed by atoms with E-state index < -0.39 is 0 Å². The van der Waals surface area contributed by atoms with Gasteiger partial charge in [0, 0.05) is 25.7 Å². The molecule has 2 unspecified atom stereocenters. The molecule has 2 heterocycles. The van der Waals surface area contributed by atoms with Crippen molar-refractivity contribution in [2.24, 2.45) is 17.6 Å². The lowest BCUT2D eigenvalue weighted by Gasteiger charge is -2.36. The molecule has 2 atom stereocenters. The van der Waals surface area contributed by atoms with Crippen molar-refractivity contribution in [3.05, 3.63) is 0 Å². The largest absolute Gasteiger partial charge is 0.342 e. The second kappa shape index (κ2) is 8.20. The van der Waals surface area contributed by atoms with Gasteiger partial charge < -0.3 is 10.6 Å². The number of amides is 1. The Morgan fingerprint density at radius 1 is 1.25 bits per heavy atom. The van der Waals surface area contributed by atoms with Crippen molar-refractivity contribution in [3.63, 3.8) is 0 Å². The topological polar surface area (TPSA) is 49.6 Å². The van der Waals surface area contributed by atoms with Gasteiger partial charge in [0.05, 0.1) is 6.54 Å². The van der Waals surface area contributed by atoms with Gasteiger partial charge in [0.15, 0.2) is 0 Å². The van der Waals surface area contributed by atoms with Gasteiger partial charge in [-0.25, -0.2) is 0 Å². The van der Waals surface area contributed by atoms with Gasteiger partial charge in [-0.1, -0.05) is 6.92 Å². The van der Waals surface area contributed by atoms with E-state index in [1.54, 1.807) is 0 Å². The average molecular weight is 304 g/mol. The molecule has 2 aliphatic heterocycles. The summed E-state index contributed by atoms with van der Waals surface area (Å²) in [6.45, 7) is 8.90. The van der Waals surface area contributed by atoms with Crippen LogP contribution in [0.2, 0.25) is 0 Å². The second-order valence-corrected chi connectivity index (χ2v) is 6.56. The Morgan fingerprint density at radius 2 is 1.90 bits per heavy atom. The zero-order valence-corrected chi connectivity index (χ0v) is 13.7. The number of nitrogens with two attached hydrogens (primary N) is 1. The summed E-state index contributed by atoms with van der Waals surface area (Å²) < 4.78 is 0. The summed E-state index contributed by atoms with van der Waals surface area (Å²) in [6.07, 6.45) is 4.71. The Kier molecular flexibility index (Phi) is 7.27. The van der Waals surface area contributed by atoms with E-state index in [4.69, 9.17) is 5.73 Å². The molecule has 0 bridgehead atoms. The van der Waals surface area contributed by atoms with Crippen molar-refractivity contribution in [2.45, 2.75) is 45.6 Å². The Morgan fingerprint density at radius 3 is 2.50 bits per heavy atom. The lowest BCUT2D eigenvalue weighted by molar-refractivity contribution is -0.134. The van der Waals surface area contributed by atoms with Crippen LogP contribution in [0.25, 0.3) is 0 Å². The van der Waals surface area contributed by atoms with Crippen LogP contribution >= 0.6 is 12.4 Å². The van der Waals surface area contributed by atoms with Crippen molar-refractivity contribution in [1.29, 1.82) is 0 Å². The van der Waals surface area contributed by atoms with Crippen molar-refractivity contribution in [3.8, 4) is 0 Å². The molecule has 2 N–H and O–H groups in total. The molecule has 5 heteroatoms. The first-order chi connectivity index (χ1) is 9.06. The molecule has 0 aromatic carbocycles. The normalized spacial score (nSPS) is 26.9. The maximum absolute atomic E-state index is 12.3. The summed E-state index contributed by atoms with van der Waals surface area (Å²) in [7, 11) is 0. The minimum Gasteiger partial charge on any atom is -0.342 e. The highest BCUT2D eigenvalue weighted by Gasteiger charge is 2.26. The molecule has 0 aromatic rings. The van der Waals surface area contributed by atoms with Crippen molar-refractivity contribution in [2.75, 3.05) is 32.7 Å². The molecule has 0 aliphatic carbocycles. The van der Waals surface area contributed by atoms with Crippen LogP contribution in [0.3, 0.4) is 0 Å². The minimum atomic E-state index is 0. The lowest BCUT2D eigenvalue weighted by Crippen LogP contribution is -2.48. The molecule has 0 saturated carbocycles. The van der Waals surface area contributed by atoms with Gasteiger partial charge >= 0.3 is 0 Å². The fourth-order valence-electron chi connectivity index (χ4n) is 3.21. The predicted molar refractivity (Wildman–Crippen MR) is 85.0 cm³/mol. The number of hydrogen-bond donors (Lipinski definition) is 1. The molecule has 0 radical (unpaired) electrons. The molecule has 1 amide bonds. The predicted octanol–water partition coefficient (Wildman–Crippen LogP) is 1.73. The van der Waals surface area contributed by atoms with E-state index >= 15 is 0 Å². The second-order valence-electron chi connectivity index (χ2n) is 6.56. The van der Waals surface area contributed by atoms with Gasteiger partial charge in [-0.2, -0.15) is 0 Å². The number of piperidine rings is 2. The lowest BCUT2D eigenvalue weighted by atomic mass is 9.92. The van der Waals surface area contributed by atoms with Gasteiger partial charge in [-0.15, -0.1) is 12.4 Å². The van der Waals surface area contributed by atoms with Crippen molar-refractivity contribution in [1.82, 2.24) is 9.80 Å². The third-order valence-electron chi connectivity index (χ3n) is 4.78. The molecule has 4 nitrogen and oxygen atoms in total. The molecule has 118 valence electrons. The third kappa shape index (κ3) is 4.90. The van der Waals surface area contributed by atoms with E-state index in [9.17, 15) is 4.79 Å². The number of carbonyl (C=O) groups excluding carboxylic acids is 1. The zero-order valence-electron chi connectivity index (χ0n) is 12.9. The zero-order chi connectivity index (χ0) is 13.8. The molecule has 2 saturated heterocycles. The molecule has 2 rings (SSSR count). The van der Waals surface area contributed by atoms with Gasteiger partial charge in [0.25, 0.3) is 0 Å². The maximum atomic E-state index is 12.3. The quantitative estimate of drug-likeness (QED) is 0.864. The van der Waals surface area contributed by atoms with Gasteiger partial charge in [0.1, 0.15) is 0 Å². The molecule has 2 fully saturated rings. The fourth-order valence-corrected chi connectivity index (χ4v) is 3.21. The monoisotopic (exact) mass is 303 g/mol. The van der Waals surface area contributed by atoms with Crippen LogP contribution in [0.5, 0.6) is 0 Å². The maximum Gasteiger partial charge on any atom is 0.236 e. The van der Waals surface area contributed by atoms with E-state index in [1.165, 1.54) is 12.8 Å². The van der Waals surface area contributed by atoms with Gasteiger partial charge in [-0.05, 0) is 51.0 Å². The molecular formula is C15H30ClN3O. The Bertz CT molecular complexity index is 303. The van der Waals surface area contributed by atoms with E-state index in [0.29, 0.717) is 18.4 Å². The van der Waals surface area contributed by atoms with Crippen LogP contribution in [0.1, 0.15) is 39.5 Å². The van der Waals surface area contributed by atoms with E-state index in [1.807, 2.05) is 0 Å². The highest BCUT2D eigenvalue weighted by Crippen LogP contribution is 2.20. The van der Waals surface area contributed by atoms with Crippen molar-refractivity contribution < 1.29 is 4.79 Å². The van der Waals surface area contributed by atoms with Crippen LogP contribution in [-0.4, -0.2) is 54.5 Å². The molecule has 20 heavy (non-hydrogen) atoms.